The maximum absolute atomic E-state index is 13.4. The molecule has 1 aromatic heterocycles. The van der Waals surface area contributed by atoms with Crippen LogP contribution in [0.25, 0.3) is 11.0 Å². The number of aromatic nitrogens is 2. The number of halogens is 3. The molecule has 5 aliphatic rings. The number of piperidine rings is 1. The van der Waals surface area contributed by atoms with Gasteiger partial charge in [0.05, 0.1) is 33.8 Å². The first-order valence-electron chi connectivity index (χ1n) is 22.4. The SMILES string of the molecule is C.O=C1CCC(N2C(=O)c3ccc(OC4CCC(CN5CCN(Cc6ccc7c(c6)nc(NC(=O)c6cccc(C(F)(F)F)c6)n7C6CCC(CO)CC6)CC5)CC4)cc3C2=O)C(=O)N1. The summed E-state index contributed by atoms with van der Waals surface area (Å²) >= 11 is 0. The number of rotatable bonds is 11. The van der Waals surface area contributed by atoms with E-state index in [9.17, 15) is 42.3 Å². The van der Waals surface area contributed by atoms with E-state index in [4.69, 9.17) is 9.72 Å². The number of hydrogen-bond acceptors (Lipinski definition) is 10. The number of ether oxygens (including phenoxy) is 1. The summed E-state index contributed by atoms with van der Waals surface area (Å²) in [5.74, 6) is -1.25. The van der Waals surface area contributed by atoms with E-state index >= 15 is 0 Å². The average molecular weight is 900 g/mol. The molecule has 0 spiro atoms. The minimum Gasteiger partial charge on any atom is -0.490 e. The second kappa shape index (κ2) is 19.1. The van der Waals surface area contributed by atoms with Crippen molar-refractivity contribution in [1.82, 2.24) is 29.6 Å². The Bertz CT molecular complexity index is 2450. The molecule has 3 aliphatic heterocycles. The minimum atomic E-state index is -4.58. The van der Waals surface area contributed by atoms with Crippen LogP contribution in [0.3, 0.4) is 0 Å². The summed E-state index contributed by atoms with van der Waals surface area (Å²) < 4.78 is 48.7. The lowest BCUT2D eigenvalue weighted by molar-refractivity contribution is -0.138. The Hall–Kier alpha value is -5.65. The van der Waals surface area contributed by atoms with Gasteiger partial charge >= 0.3 is 6.18 Å². The maximum Gasteiger partial charge on any atom is 0.416 e. The van der Waals surface area contributed by atoms with E-state index in [1.807, 2.05) is 16.7 Å². The number of aliphatic hydroxyl groups is 1. The lowest BCUT2D eigenvalue weighted by Crippen LogP contribution is -2.54. The van der Waals surface area contributed by atoms with Gasteiger partial charge in [0, 0.05) is 63.9 Å². The second-order valence-electron chi connectivity index (χ2n) is 18.0. The van der Waals surface area contributed by atoms with Gasteiger partial charge in [0.1, 0.15) is 11.8 Å². The molecular weight excluding hydrogens is 844 g/mol. The number of alkyl halides is 3. The van der Waals surface area contributed by atoms with Crippen LogP contribution in [-0.4, -0.2) is 110 Å². The number of imide groups is 2. The number of aliphatic hydroxyl groups excluding tert-OH is 1. The van der Waals surface area contributed by atoms with Gasteiger partial charge in [-0.1, -0.05) is 19.6 Å². The van der Waals surface area contributed by atoms with Crippen molar-refractivity contribution in [1.29, 1.82) is 0 Å². The Morgan fingerprint density at radius 2 is 1.52 bits per heavy atom. The van der Waals surface area contributed by atoms with Crippen molar-refractivity contribution >= 4 is 46.5 Å². The summed E-state index contributed by atoms with van der Waals surface area (Å²) in [7, 11) is 0. The van der Waals surface area contributed by atoms with Crippen molar-refractivity contribution in [2.75, 3.05) is 44.6 Å². The van der Waals surface area contributed by atoms with Crippen LogP contribution in [0.4, 0.5) is 19.1 Å². The summed E-state index contributed by atoms with van der Waals surface area (Å²) in [6.45, 7) is 5.53. The number of benzene rings is 3. The molecule has 3 N–H and O–H groups in total. The standard InChI is InChI=1S/C47H52F3N7O7.CH4/c48-47(49,50)32-3-1-2-31(23-32)42(60)53-46-51-38-22-30(8-15-39(38)56(46)33-9-4-29(27-58)5-10-33)26-55-20-18-54(19-21-55)25-28-6-11-34(12-7-28)64-35-13-14-36-37(24-35)45(63)57(44(36)62)40-16-17-41(59)52-43(40)61;/h1-3,8,13-15,22-24,28-29,33-34,40,58H,4-7,9-12,16-21,25-27H2,(H,51,53,60)(H,52,59,61);1H4. The molecule has 0 bridgehead atoms. The van der Waals surface area contributed by atoms with Crippen molar-refractivity contribution in [3.05, 3.63) is 88.5 Å². The molecule has 5 amide bonds. The van der Waals surface area contributed by atoms with Crippen LogP contribution in [0.5, 0.6) is 5.75 Å². The van der Waals surface area contributed by atoms with Crippen LogP contribution in [0, 0.1) is 11.8 Å². The fraction of sp³-hybridized carbons (Fsp3) is 0.500. The molecule has 4 heterocycles. The van der Waals surface area contributed by atoms with Crippen LogP contribution in [0.1, 0.15) is 120 Å². The number of hydrogen-bond donors (Lipinski definition) is 3. The Morgan fingerprint density at radius 1 is 0.815 bits per heavy atom. The molecule has 2 saturated carbocycles. The predicted molar refractivity (Wildman–Crippen MR) is 235 cm³/mol. The first-order chi connectivity index (χ1) is 30.8. The third-order valence-corrected chi connectivity index (χ3v) is 13.8. The van der Waals surface area contributed by atoms with Gasteiger partial charge in [0.15, 0.2) is 0 Å². The van der Waals surface area contributed by atoms with Gasteiger partial charge in [0.25, 0.3) is 17.7 Å². The number of piperazine rings is 1. The largest absolute Gasteiger partial charge is 0.490 e. The van der Waals surface area contributed by atoms with E-state index in [-0.39, 0.29) is 61.6 Å². The molecule has 1 unspecified atom stereocenters. The first-order valence-corrected chi connectivity index (χ1v) is 22.4. The summed E-state index contributed by atoms with van der Waals surface area (Å²) in [4.78, 5) is 74.5. The quantitative estimate of drug-likeness (QED) is 0.136. The summed E-state index contributed by atoms with van der Waals surface area (Å²) in [5.41, 5.74) is 2.07. The molecule has 3 aromatic carbocycles. The third kappa shape index (κ3) is 9.82. The maximum atomic E-state index is 13.4. The molecule has 346 valence electrons. The van der Waals surface area contributed by atoms with Crippen molar-refractivity contribution in [3.8, 4) is 5.75 Å². The molecule has 2 saturated heterocycles. The number of carbonyl (C=O) groups excluding carboxylic acids is 5. The Morgan fingerprint density at radius 3 is 2.23 bits per heavy atom. The fourth-order valence-corrected chi connectivity index (χ4v) is 10.2. The molecule has 4 aromatic rings. The first kappa shape index (κ1) is 45.9. The van der Waals surface area contributed by atoms with Crippen molar-refractivity contribution < 1.29 is 47.0 Å². The van der Waals surface area contributed by atoms with E-state index in [0.717, 1.165) is 119 Å². The number of imidazole rings is 1. The molecule has 9 rings (SSSR count). The van der Waals surface area contributed by atoms with E-state index in [0.29, 0.717) is 23.1 Å². The molecule has 14 nitrogen and oxygen atoms in total. The Balaban J connectivity index is 0.00000576. The number of fused-ring (bicyclic) bond motifs is 2. The summed E-state index contributed by atoms with van der Waals surface area (Å²) in [6.07, 6.45) is 2.54. The zero-order valence-electron chi connectivity index (χ0n) is 35.4. The molecule has 0 radical (unpaired) electrons. The Kier molecular flexibility index (Phi) is 13.5. The van der Waals surface area contributed by atoms with Crippen LogP contribution in [0.15, 0.2) is 60.7 Å². The van der Waals surface area contributed by atoms with Crippen molar-refractivity contribution in [2.45, 2.75) is 103 Å². The minimum absolute atomic E-state index is 0. The van der Waals surface area contributed by atoms with E-state index in [1.54, 1.807) is 18.2 Å². The highest BCUT2D eigenvalue weighted by molar-refractivity contribution is 6.23. The zero-order valence-corrected chi connectivity index (χ0v) is 35.4. The molecule has 4 fully saturated rings. The van der Waals surface area contributed by atoms with Gasteiger partial charge in [-0.3, -0.25) is 44.4 Å². The van der Waals surface area contributed by atoms with Gasteiger partial charge in [-0.25, -0.2) is 4.98 Å². The van der Waals surface area contributed by atoms with Crippen LogP contribution < -0.4 is 15.4 Å². The Labute approximate surface area is 375 Å². The van der Waals surface area contributed by atoms with Crippen molar-refractivity contribution in [3.63, 3.8) is 0 Å². The van der Waals surface area contributed by atoms with Crippen LogP contribution in [-0.2, 0) is 22.3 Å². The van der Waals surface area contributed by atoms with Crippen LogP contribution in [0.2, 0.25) is 0 Å². The number of nitrogens with one attached hydrogen (secondary N) is 2. The highest BCUT2D eigenvalue weighted by Gasteiger charge is 2.45. The normalized spacial score (nSPS) is 24.4. The van der Waals surface area contributed by atoms with E-state index < -0.39 is 47.3 Å². The number of nitrogens with zero attached hydrogens (tertiary/aromatic N) is 5. The van der Waals surface area contributed by atoms with Crippen LogP contribution >= 0.6 is 0 Å². The molecule has 17 heteroatoms. The zero-order chi connectivity index (χ0) is 44.7. The van der Waals surface area contributed by atoms with Gasteiger partial charge < -0.3 is 19.3 Å². The molecular formula is C48H56F3N7O7. The highest BCUT2D eigenvalue weighted by Crippen LogP contribution is 2.38. The lowest BCUT2D eigenvalue weighted by Gasteiger charge is -2.38. The van der Waals surface area contributed by atoms with Gasteiger partial charge in [0.2, 0.25) is 17.8 Å². The summed E-state index contributed by atoms with van der Waals surface area (Å²) in [6, 6.07) is 14.4. The highest BCUT2D eigenvalue weighted by atomic mass is 19.4. The second-order valence-corrected chi connectivity index (χ2v) is 18.0. The van der Waals surface area contributed by atoms with E-state index in [1.165, 1.54) is 12.1 Å². The average Bonchev–Trinajstić information content (AvgIpc) is 3.76. The van der Waals surface area contributed by atoms with E-state index in [2.05, 4.69) is 26.5 Å². The number of carbonyl (C=O) groups is 5. The lowest BCUT2D eigenvalue weighted by atomic mass is 9.86. The monoisotopic (exact) mass is 899 g/mol. The summed E-state index contributed by atoms with van der Waals surface area (Å²) in [5, 5.41) is 14.8. The molecule has 1 atom stereocenters. The topological polar surface area (TPSA) is 166 Å². The number of amides is 5. The van der Waals surface area contributed by atoms with Gasteiger partial charge in [-0.15, -0.1) is 0 Å². The van der Waals surface area contributed by atoms with Crippen molar-refractivity contribution in [2.24, 2.45) is 11.8 Å². The fourth-order valence-electron chi connectivity index (χ4n) is 10.2. The van der Waals surface area contributed by atoms with Gasteiger partial charge in [-0.05, 0) is 124 Å². The predicted octanol–water partition coefficient (Wildman–Crippen LogP) is 6.82. The van der Waals surface area contributed by atoms with Gasteiger partial charge in [-0.2, -0.15) is 13.2 Å². The molecule has 2 aliphatic carbocycles. The smallest absolute Gasteiger partial charge is 0.416 e. The third-order valence-electron chi connectivity index (χ3n) is 13.8. The molecule has 65 heavy (non-hydrogen) atoms. The number of anilines is 1.